The zero-order valence-corrected chi connectivity index (χ0v) is 19.7. The molecule has 0 radical (unpaired) electrons. The molecule has 2 aromatic carbocycles. The third kappa shape index (κ3) is 4.75. The second-order valence-electron chi connectivity index (χ2n) is 8.20. The van der Waals surface area contributed by atoms with Gasteiger partial charge in [0, 0.05) is 37.8 Å². The number of carbonyl (C=O) groups excluding carboxylic acids is 3. The van der Waals surface area contributed by atoms with E-state index in [9.17, 15) is 22.8 Å². The highest BCUT2D eigenvalue weighted by Gasteiger charge is 2.33. The Bertz CT molecular complexity index is 1220. The number of hydrogen-bond donors (Lipinski definition) is 2. The number of ether oxygens (including phenoxy) is 1. The van der Waals surface area contributed by atoms with Gasteiger partial charge in [0.05, 0.1) is 17.1 Å². The van der Waals surface area contributed by atoms with E-state index in [0.717, 1.165) is 0 Å². The Morgan fingerprint density at radius 3 is 2.47 bits per heavy atom. The molecule has 34 heavy (non-hydrogen) atoms. The average Bonchev–Trinajstić information content (AvgIpc) is 2.83. The van der Waals surface area contributed by atoms with Crippen LogP contribution in [0.15, 0.2) is 47.4 Å². The molecule has 3 amide bonds. The SMILES string of the molecule is Cc1cc2c(cc1S(=O)(=O)N1CCN(C(=O)CNC(=O)c3ccccc3)CC1)O[C@H](C)C(=O)N2. The third-order valence-corrected chi connectivity index (χ3v) is 7.89. The van der Waals surface area contributed by atoms with Gasteiger partial charge in [0.25, 0.3) is 11.8 Å². The Morgan fingerprint density at radius 2 is 1.79 bits per heavy atom. The van der Waals surface area contributed by atoms with E-state index in [0.29, 0.717) is 22.6 Å². The lowest BCUT2D eigenvalue weighted by atomic mass is 10.1. The van der Waals surface area contributed by atoms with Crippen LogP contribution in [-0.4, -0.2) is 74.2 Å². The van der Waals surface area contributed by atoms with Crippen LogP contribution in [0.25, 0.3) is 0 Å². The van der Waals surface area contributed by atoms with Crippen LogP contribution in [0.1, 0.15) is 22.8 Å². The van der Waals surface area contributed by atoms with Gasteiger partial charge < -0.3 is 20.3 Å². The van der Waals surface area contributed by atoms with Crippen molar-refractivity contribution in [3.05, 3.63) is 53.6 Å². The number of piperazine rings is 1. The molecule has 2 N–H and O–H groups in total. The topological polar surface area (TPSA) is 125 Å². The number of amides is 3. The summed E-state index contributed by atoms with van der Waals surface area (Å²) < 4.78 is 33.5. The minimum absolute atomic E-state index is 0.101. The van der Waals surface area contributed by atoms with Gasteiger partial charge in [0.2, 0.25) is 15.9 Å². The van der Waals surface area contributed by atoms with Crippen LogP contribution in [0.3, 0.4) is 0 Å². The van der Waals surface area contributed by atoms with Gasteiger partial charge in [0.15, 0.2) is 6.10 Å². The Hall–Kier alpha value is -3.44. The van der Waals surface area contributed by atoms with Gasteiger partial charge in [0.1, 0.15) is 5.75 Å². The molecule has 2 heterocycles. The van der Waals surface area contributed by atoms with Gasteiger partial charge in [-0.05, 0) is 37.6 Å². The minimum Gasteiger partial charge on any atom is -0.479 e. The third-order valence-electron chi connectivity index (χ3n) is 5.85. The van der Waals surface area contributed by atoms with Gasteiger partial charge >= 0.3 is 0 Å². The smallest absolute Gasteiger partial charge is 0.265 e. The normalized spacial score (nSPS) is 18.5. The van der Waals surface area contributed by atoms with Crippen LogP contribution in [0.4, 0.5) is 5.69 Å². The maximum atomic E-state index is 13.3. The van der Waals surface area contributed by atoms with Crippen molar-refractivity contribution >= 4 is 33.4 Å². The van der Waals surface area contributed by atoms with Crippen molar-refractivity contribution in [2.75, 3.05) is 38.0 Å². The minimum atomic E-state index is -3.84. The predicted octanol–water partition coefficient (Wildman–Crippen LogP) is 0.977. The molecule has 0 bridgehead atoms. The summed E-state index contributed by atoms with van der Waals surface area (Å²) in [6.45, 7) is 3.78. The van der Waals surface area contributed by atoms with Crippen molar-refractivity contribution in [2.24, 2.45) is 0 Å². The highest BCUT2D eigenvalue weighted by molar-refractivity contribution is 7.89. The number of sulfonamides is 1. The Labute approximate surface area is 197 Å². The van der Waals surface area contributed by atoms with Gasteiger partial charge in [-0.1, -0.05) is 18.2 Å². The van der Waals surface area contributed by atoms with Crippen molar-refractivity contribution in [2.45, 2.75) is 24.8 Å². The molecule has 2 aromatic rings. The van der Waals surface area contributed by atoms with Crippen molar-refractivity contribution in [3.63, 3.8) is 0 Å². The number of nitrogens with one attached hydrogen (secondary N) is 2. The van der Waals surface area contributed by atoms with E-state index >= 15 is 0 Å². The Morgan fingerprint density at radius 1 is 1.12 bits per heavy atom. The molecule has 0 saturated carbocycles. The first-order valence-corrected chi connectivity index (χ1v) is 12.3. The highest BCUT2D eigenvalue weighted by Crippen LogP contribution is 2.35. The van der Waals surface area contributed by atoms with Crippen LogP contribution in [0, 0.1) is 6.92 Å². The second-order valence-corrected chi connectivity index (χ2v) is 10.1. The van der Waals surface area contributed by atoms with Gasteiger partial charge in [-0.15, -0.1) is 0 Å². The van der Waals surface area contributed by atoms with Gasteiger partial charge in [-0.25, -0.2) is 8.42 Å². The molecule has 0 aromatic heterocycles. The molecule has 2 aliphatic heterocycles. The number of benzene rings is 2. The van der Waals surface area contributed by atoms with Crippen LogP contribution in [-0.2, 0) is 19.6 Å². The monoisotopic (exact) mass is 486 g/mol. The maximum absolute atomic E-state index is 13.3. The lowest BCUT2D eigenvalue weighted by Crippen LogP contribution is -2.52. The van der Waals surface area contributed by atoms with Crippen LogP contribution in [0.2, 0.25) is 0 Å². The zero-order chi connectivity index (χ0) is 24.5. The van der Waals surface area contributed by atoms with E-state index in [1.54, 1.807) is 50.2 Å². The number of rotatable bonds is 5. The van der Waals surface area contributed by atoms with E-state index < -0.39 is 16.1 Å². The molecule has 1 saturated heterocycles. The summed E-state index contributed by atoms with van der Waals surface area (Å²) in [4.78, 5) is 38.1. The molecule has 2 aliphatic rings. The molecule has 1 fully saturated rings. The average molecular weight is 487 g/mol. The van der Waals surface area contributed by atoms with Crippen LogP contribution >= 0.6 is 0 Å². The molecule has 180 valence electrons. The Balaban J connectivity index is 1.38. The molecule has 11 heteroatoms. The molecule has 0 spiro atoms. The summed E-state index contributed by atoms with van der Waals surface area (Å²) >= 11 is 0. The van der Waals surface area contributed by atoms with E-state index in [1.807, 2.05) is 0 Å². The molecule has 10 nitrogen and oxygen atoms in total. The van der Waals surface area contributed by atoms with Crippen LogP contribution < -0.4 is 15.4 Å². The van der Waals surface area contributed by atoms with Crippen molar-refractivity contribution in [1.82, 2.24) is 14.5 Å². The summed E-state index contributed by atoms with van der Waals surface area (Å²) in [5.41, 5.74) is 1.39. The molecule has 0 aliphatic carbocycles. The van der Waals surface area contributed by atoms with Crippen molar-refractivity contribution in [3.8, 4) is 5.75 Å². The van der Waals surface area contributed by atoms with Gasteiger partial charge in [-0.2, -0.15) is 4.31 Å². The fraction of sp³-hybridized carbons (Fsp3) is 0.348. The van der Waals surface area contributed by atoms with Crippen molar-refractivity contribution < 1.29 is 27.5 Å². The summed E-state index contributed by atoms with van der Waals surface area (Å²) in [7, 11) is -3.84. The first-order valence-electron chi connectivity index (χ1n) is 10.9. The number of nitrogens with zero attached hydrogens (tertiary/aromatic N) is 2. The van der Waals surface area contributed by atoms with Crippen molar-refractivity contribution in [1.29, 1.82) is 0 Å². The molecular formula is C23H26N4O6S. The zero-order valence-electron chi connectivity index (χ0n) is 18.9. The molecule has 1 atom stereocenters. The Kier molecular flexibility index (Phi) is 6.58. The fourth-order valence-electron chi connectivity index (χ4n) is 3.90. The first kappa shape index (κ1) is 23.7. The first-order chi connectivity index (χ1) is 16.2. The summed E-state index contributed by atoms with van der Waals surface area (Å²) in [5, 5.41) is 5.31. The standard InChI is InChI=1S/C23H26N4O6S/c1-15-12-18-19(33-16(2)22(29)25-18)13-20(15)34(31,32)27-10-8-26(9-11-27)21(28)14-24-23(30)17-6-4-3-5-7-17/h3-7,12-13,16H,8-11,14H2,1-2H3,(H,24,30)(H,25,29)/t16-/m1/s1. The van der Waals surface area contributed by atoms with E-state index in [4.69, 9.17) is 4.74 Å². The van der Waals surface area contributed by atoms with Gasteiger partial charge in [-0.3, -0.25) is 14.4 Å². The van der Waals surface area contributed by atoms with E-state index in [-0.39, 0.29) is 55.3 Å². The maximum Gasteiger partial charge on any atom is 0.265 e. The van der Waals surface area contributed by atoms with Crippen LogP contribution in [0.5, 0.6) is 5.75 Å². The second kappa shape index (κ2) is 9.43. The number of fused-ring (bicyclic) bond motifs is 1. The summed E-state index contributed by atoms with van der Waals surface area (Å²) in [6, 6.07) is 11.6. The lowest BCUT2D eigenvalue weighted by molar-refractivity contribution is -0.131. The quantitative estimate of drug-likeness (QED) is 0.649. The summed E-state index contributed by atoms with van der Waals surface area (Å²) in [5.74, 6) is -0.599. The predicted molar refractivity (Wildman–Crippen MR) is 124 cm³/mol. The van der Waals surface area contributed by atoms with E-state index in [2.05, 4.69) is 10.6 Å². The molecule has 0 unspecified atom stereocenters. The largest absolute Gasteiger partial charge is 0.479 e. The number of aryl methyl sites for hydroxylation is 1. The highest BCUT2D eigenvalue weighted by atomic mass is 32.2. The van der Waals surface area contributed by atoms with E-state index in [1.165, 1.54) is 15.3 Å². The number of carbonyl (C=O) groups is 3. The molecular weight excluding hydrogens is 460 g/mol. The lowest BCUT2D eigenvalue weighted by Gasteiger charge is -2.34. The molecule has 4 rings (SSSR count). The fourth-order valence-corrected chi connectivity index (χ4v) is 5.54. The number of hydrogen-bond acceptors (Lipinski definition) is 6. The number of anilines is 1. The summed E-state index contributed by atoms with van der Waals surface area (Å²) in [6.07, 6.45) is -0.720.